The molecule has 1 atom stereocenters. The van der Waals surface area contributed by atoms with E-state index in [9.17, 15) is 9.90 Å². The zero-order valence-corrected chi connectivity index (χ0v) is 11.3. The highest BCUT2D eigenvalue weighted by molar-refractivity contribution is 5.95. The van der Waals surface area contributed by atoms with Gasteiger partial charge in [0, 0.05) is 18.7 Å². The fourth-order valence-electron chi connectivity index (χ4n) is 2.67. The first kappa shape index (κ1) is 12.9. The lowest BCUT2D eigenvalue weighted by molar-refractivity contribution is 0.0596. The quantitative estimate of drug-likeness (QED) is 0.817. The molecule has 6 heteroatoms. The molecular formula is C14H17N3O3. The molecule has 0 aromatic carbocycles. The Morgan fingerprint density at radius 3 is 3.20 bits per heavy atom. The average Bonchev–Trinajstić information content (AvgIpc) is 3.06. The molecule has 6 nitrogen and oxygen atoms in total. The van der Waals surface area contributed by atoms with Crippen LogP contribution in [0.25, 0.3) is 5.52 Å². The molecule has 106 valence electrons. The van der Waals surface area contributed by atoms with Gasteiger partial charge in [-0.15, -0.1) is 0 Å². The molecule has 0 amide bonds. The predicted octanol–water partition coefficient (Wildman–Crippen LogP) is 0.978. The molecule has 2 aromatic heterocycles. The molecule has 0 aliphatic carbocycles. The smallest absolute Gasteiger partial charge is 0.358 e. The van der Waals surface area contributed by atoms with Crippen LogP contribution < -0.4 is 5.32 Å². The van der Waals surface area contributed by atoms with Gasteiger partial charge < -0.3 is 19.6 Å². The van der Waals surface area contributed by atoms with Gasteiger partial charge in [0.05, 0.1) is 12.6 Å². The molecule has 3 rings (SSSR count). The summed E-state index contributed by atoms with van der Waals surface area (Å²) < 4.78 is 6.61. The van der Waals surface area contributed by atoms with E-state index in [2.05, 4.69) is 10.3 Å². The molecule has 1 fully saturated rings. The molecule has 20 heavy (non-hydrogen) atoms. The molecule has 1 saturated heterocycles. The van der Waals surface area contributed by atoms with E-state index in [0.29, 0.717) is 11.4 Å². The van der Waals surface area contributed by atoms with Gasteiger partial charge in [-0.2, -0.15) is 0 Å². The fourth-order valence-corrected chi connectivity index (χ4v) is 2.67. The van der Waals surface area contributed by atoms with E-state index in [1.54, 1.807) is 12.3 Å². The van der Waals surface area contributed by atoms with Crippen molar-refractivity contribution in [3.8, 4) is 5.75 Å². The second-order valence-electron chi connectivity index (χ2n) is 5.07. The molecule has 0 radical (unpaired) electrons. The minimum Gasteiger partial charge on any atom is -0.508 e. The number of imidazole rings is 1. The minimum absolute atomic E-state index is 0.108. The van der Waals surface area contributed by atoms with Crippen LogP contribution in [-0.4, -0.2) is 40.7 Å². The summed E-state index contributed by atoms with van der Waals surface area (Å²) in [5.41, 5.74) is 0.835. The van der Waals surface area contributed by atoms with Gasteiger partial charge in [-0.3, -0.25) is 0 Å². The molecule has 3 heterocycles. The van der Waals surface area contributed by atoms with E-state index in [-0.39, 0.29) is 11.4 Å². The Labute approximate surface area is 116 Å². The van der Waals surface area contributed by atoms with Crippen LogP contribution in [0, 0.1) is 5.92 Å². The number of carbonyl (C=O) groups excluding carboxylic acids is 1. The number of ether oxygens (including phenoxy) is 1. The normalized spacial score (nSPS) is 18.6. The van der Waals surface area contributed by atoms with Crippen molar-refractivity contribution in [2.24, 2.45) is 5.92 Å². The first-order valence-electron chi connectivity index (χ1n) is 6.68. The van der Waals surface area contributed by atoms with Gasteiger partial charge in [0.15, 0.2) is 5.69 Å². The van der Waals surface area contributed by atoms with Crippen LogP contribution in [0.2, 0.25) is 0 Å². The number of aromatic hydroxyl groups is 1. The Hall–Kier alpha value is -2.08. The molecule has 2 aromatic rings. The molecule has 1 unspecified atom stereocenters. The zero-order valence-electron chi connectivity index (χ0n) is 11.3. The number of carbonyl (C=O) groups is 1. The van der Waals surface area contributed by atoms with Crippen LogP contribution in [0.3, 0.4) is 0 Å². The van der Waals surface area contributed by atoms with Crippen molar-refractivity contribution < 1.29 is 14.6 Å². The van der Waals surface area contributed by atoms with E-state index in [0.717, 1.165) is 31.8 Å². The summed E-state index contributed by atoms with van der Waals surface area (Å²) in [5, 5.41) is 12.9. The number of hydrogen-bond acceptors (Lipinski definition) is 5. The second-order valence-corrected chi connectivity index (χ2v) is 5.07. The van der Waals surface area contributed by atoms with Gasteiger partial charge in [0.2, 0.25) is 0 Å². The Kier molecular flexibility index (Phi) is 3.31. The Morgan fingerprint density at radius 1 is 1.65 bits per heavy atom. The zero-order chi connectivity index (χ0) is 14.1. The summed E-state index contributed by atoms with van der Waals surface area (Å²) in [5.74, 6) is 0.981. The largest absolute Gasteiger partial charge is 0.508 e. The van der Waals surface area contributed by atoms with Crippen LogP contribution in [0.5, 0.6) is 5.75 Å². The molecule has 0 spiro atoms. The maximum atomic E-state index is 11.8. The maximum Gasteiger partial charge on any atom is 0.358 e. The number of esters is 1. The Morgan fingerprint density at radius 2 is 2.50 bits per heavy atom. The van der Waals surface area contributed by atoms with E-state index >= 15 is 0 Å². The summed E-state index contributed by atoms with van der Waals surface area (Å²) in [7, 11) is 1.33. The van der Waals surface area contributed by atoms with Crippen LogP contribution in [0.4, 0.5) is 0 Å². The number of hydrogen-bond donors (Lipinski definition) is 2. The highest BCUT2D eigenvalue weighted by atomic mass is 16.5. The van der Waals surface area contributed by atoms with Crippen molar-refractivity contribution in [2.45, 2.75) is 12.8 Å². The van der Waals surface area contributed by atoms with Crippen molar-refractivity contribution in [1.29, 1.82) is 0 Å². The monoisotopic (exact) mass is 275 g/mol. The Bertz CT molecular complexity index is 644. The lowest BCUT2D eigenvalue weighted by Crippen LogP contribution is -2.12. The van der Waals surface area contributed by atoms with Gasteiger partial charge in [-0.25, -0.2) is 9.78 Å². The average molecular weight is 275 g/mol. The number of aromatic nitrogens is 2. The lowest BCUT2D eigenvalue weighted by atomic mass is 10.1. The van der Waals surface area contributed by atoms with Crippen molar-refractivity contribution in [3.05, 3.63) is 29.8 Å². The van der Waals surface area contributed by atoms with Crippen molar-refractivity contribution in [1.82, 2.24) is 14.7 Å². The molecule has 0 bridgehead atoms. The van der Waals surface area contributed by atoms with Gasteiger partial charge in [-0.05, 0) is 31.5 Å². The second kappa shape index (κ2) is 5.13. The maximum absolute atomic E-state index is 11.8. The molecule has 1 aliphatic heterocycles. The first-order chi connectivity index (χ1) is 9.69. The van der Waals surface area contributed by atoms with E-state index in [1.807, 2.05) is 4.40 Å². The SMILES string of the molecule is COC(=O)c1nc(CC2CCNC2)n2ccc(O)cc12. The summed E-state index contributed by atoms with van der Waals surface area (Å²) >= 11 is 0. The summed E-state index contributed by atoms with van der Waals surface area (Å²) in [6.07, 6.45) is 3.65. The third-order valence-corrected chi connectivity index (χ3v) is 3.71. The number of rotatable bonds is 3. The number of nitrogens with zero attached hydrogens (tertiary/aromatic N) is 2. The standard InChI is InChI=1S/C14H17N3O3/c1-20-14(19)13-11-7-10(18)3-5-17(11)12(16-13)6-9-2-4-15-8-9/h3,5,7,9,15,18H,2,4,6,8H2,1H3. The summed E-state index contributed by atoms with van der Waals surface area (Å²) in [4.78, 5) is 16.2. The summed E-state index contributed by atoms with van der Waals surface area (Å²) in [6, 6.07) is 3.13. The van der Waals surface area contributed by atoms with E-state index in [1.165, 1.54) is 13.2 Å². The minimum atomic E-state index is -0.483. The number of pyridine rings is 1. The van der Waals surface area contributed by atoms with Gasteiger partial charge >= 0.3 is 5.97 Å². The van der Waals surface area contributed by atoms with Crippen molar-refractivity contribution in [2.75, 3.05) is 20.2 Å². The number of fused-ring (bicyclic) bond motifs is 1. The van der Waals surface area contributed by atoms with E-state index in [4.69, 9.17) is 4.74 Å². The number of methoxy groups -OCH3 is 1. The third-order valence-electron chi connectivity index (χ3n) is 3.71. The molecule has 2 N–H and O–H groups in total. The summed E-state index contributed by atoms with van der Waals surface area (Å²) in [6.45, 7) is 2.00. The van der Waals surface area contributed by atoms with Gasteiger partial charge in [-0.1, -0.05) is 0 Å². The molecule has 0 saturated carbocycles. The topological polar surface area (TPSA) is 75.9 Å². The van der Waals surface area contributed by atoms with Crippen LogP contribution in [0.1, 0.15) is 22.7 Å². The fraction of sp³-hybridized carbons (Fsp3) is 0.429. The first-order valence-corrected chi connectivity index (χ1v) is 6.68. The van der Waals surface area contributed by atoms with Crippen molar-refractivity contribution in [3.63, 3.8) is 0 Å². The highest BCUT2D eigenvalue weighted by Gasteiger charge is 2.22. The molecule has 1 aliphatic rings. The van der Waals surface area contributed by atoms with Gasteiger partial charge in [0.1, 0.15) is 11.6 Å². The van der Waals surface area contributed by atoms with Crippen molar-refractivity contribution >= 4 is 11.5 Å². The third kappa shape index (κ3) is 2.22. The highest BCUT2D eigenvalue weighted by Crippen LogP contribution is 2.22. The number of nitrogens with one attached hydrogen (secondary N) is 1. The van der Waals surface area contributed by atoms with Crippen LogP contribution in [-0.2, 0) is 11.2 Å². The van der Waals surface area contributed by atoms with E-state index < -0.39 is 5.97 Å². The van der Waals surface area contributed by atoms with Crippen LogP contribution >= 0.6 is 0 Å². The lowest BCUT2D eigenvalue weighted by Gasteiger charge is -2.06. The van der Waals surface area contributed by atoms with Gasteiger partial charge in [0.25, 0.3) is 0 Å². The van der Waals surface area contributed by atoms with Crippen LogP contribution in [0.15, 0.2) is 18.3 Å². The Balaban J connectivity index is 2.05. The molecular weight excluding hydrogens is 258 g/mol. The predicted molar refractivity (Wildman–Crippen MR) is 72.9 cm³/mol.